The van der Waals surface area contributed by atoms with Gasteiger partial charge in [-0.2, -0.15) is 0 Å². The first kappa shape index (κ1) is 13.0. The molecule has 0 spiro atoms. The topological polar surface area (TPSA) is 98.7 Å². The lowest BCUT2D eigenvalue weighted by atomic mass is 10.2. The number of aliphatic hydroxyl groups is 1. The summed E-state index contributed by atoms with van der Waals surface area (Å²) in [7, 11) is 0. The molecule has 17 heavy (non-hydrogen) atoms. The van der Waals surface area contributed by atoms with Crippen molar-refractivity contribution in [1.29, 1.82) is 0 Å². The lowest BCUT2D eigenvalue weighted by Crippen LogP contribution is -2.33. The SMILES string of the molecule is O=C(NCCC(O)C(=O)O)Nc1ccccc1. The van der Waals surface area contributed by atoms with Crippen LogP contribution in [0, 0.1) is 0 Å². The van der Waals surface area contributed by atoms with Gasteiger partial charge in [0.05, 0.1) is 0 Å². The normalized spacial score (nSPS) is 11.6. The van der Waals surface area contributed by atoms with E-state index in [-0.39, 0.29) is 13.0 Å². The number of carboxylic acid groups (broad SMARTS) is 1. The maximum atomic E-state index is 11.3. The Bertz CT molecular complexity index is 380. The fraction of sp³-hybridized carbons (Fsp3) is 0.273. The maximum Gasteiger partial charge on any atom is 0.332 e. The minimum Gasteiger partial charge on any atom is -0.479 e. The fourth-order valence-electron chi connectivity index (χ4n) is 1.14. The Morgan fingerprint density at radius 1 is 1.24 bits per heavy atom. The van der Waals surface area contributed by atoms with Crippen LogP contribution in [-0.4, -0.2) is 34.9 Å². The molecule has 0 heterocycles. The lowest BCUT2D eigenvalue weighted by molar-refractivity contribution is -0.146. The van der Waals surface area contributed by atoms with Gasteiger partial charge in [0.1, 0.15) is 0 Å². The third kappa shape index (κ3) is 4.98. The summed E-state index contributed by atoms with van der Waals surface area (Å²) < 4.78 is 0. The first-order valence-electron chi connectivity index (χ1n) is 5.10. The Balaban J connectivity index is 2.25. The molecule has 1 aromatic rings. The summed E-state index contributed by atoms with van der Waals surface area (Å²) in [6, 6.07) is 8.41. The van der Waals surface area contributed by atoms with Gasteiger partial charge >= 0.3 is 12.0 Å². The minimum atomic E-state index is -1.45. The number of urea groups is 1. The number of aliphatic carboxylic acids is 1. The van der Waals surface area contributed by atoms with Crippen molar-refractivity contribution in [3.05, 3.63) is 30.3 Å². The molecule has 0 fully saturated rings. The molecule has 1 unspecified atom stereocenters. The molecule has 1 rings (SSSR count). The van der Waals surface area contributed by atoms with E-state index in [1.807, 2.05) is 6.07 Å². The Labute approximate surface area is 98.3 Å². The van der Waals surface area contributed by atoms with Crippen molar-refractivity contribution in [2.45, 2.75) is 12.5 Å². The van der Waals surface area contributed by atoms with Gasteiger partial charge in [0.2, 0.25) is 0 Å². The highest BCUT2D eigenvalue weighted by atomic mass is 16.4. The van der Waals surface area contributed by atoms with Crippen molar-refractivity contribution in [3.63, 3.8) is 0 Å². The van der Waals surface area contributed by atoms with E-state index in [4.69, 9.17) is 10.2 Å². The van der Waals surface area contributed by atoms with Crippen LogP contribution in [0.4, 0.5) is 10.5 Å². The van der Waals surface area contributed by atoms with Crippen LogP contribution in [0.3, 0.4) is 0 Å². The van der Waals surface area contributed by atoms with E-state index in [0.29, 0.717) is 5.69 Å². The van der Waals surface area contributed by atoms with Crippen LogP contribution in [0.25, 0.3) is 0 Å². The first-order valence-corrected chi connectivity index (χ1v) is 5.10. The van der Waals surface area contributed by atoms with E-state index < -0.39 is 18.1 Å². The molecule has 0 radical (unpaired) electrons. The summed E-state index contributed by atoms with van der Waals surface area (Å²) in [5, 5.41) is 22.4. The third-order valence-corrected chi connectivity index (χ3v) is 2.02. The first-order chi connectivity index (χ1) is 8.09. The molecule has 1 atom stereocenters. The highest BCUT2D eigenvalue weighted by molar-refractivity contribution is 5.89. The minimum absolute atomic E-state index is 0.0302. The second kappa shape index (κ2) is 6.49. The van der Waals surface area contributed by atoms with Crippen molar-refractivity contribution < 1.29 is 19.8 Å². The standard InChI is InChI=1S/C11H14N2O4/c14-9(10(15)16)6-7-12-11(17)13-8-4-2-1-3-5-8/h1-5,9,14H,6-7H2,(H,15,16)(H2,12,13,17). The number of benzene rings is 1. The van der Waals surface area contributed by atoms with E-state index in [9.17, 15) is 9.59 Å². The van der Waals surface area contributed by atoms with E-state index in [1.54, 1.807) is 24.3 Å². The molecule has 6 heteroatoms. The van der Waals surface area contributed by atoms with Gasteiger partial charge in [0.15, 0.2) is 6.10 Å². The molecule has 92 valence electrons. The highest BCUT2D eigenvalue weighted by Crippen LogP contribution is 2.04. The molecule has 0 aromatic heterocycles. The number of nitrogens with one attached hydrogen (secondary N) is 2. The van der Waals surface area contributed by atoms with Crippen LogP contribution < -0.4 is 10.6 Å². The average molecular weight is 238 g/mol. The van der Waals surface area contributed by atoms with Crippen molar-refractivity contribution in [3.8, 4) is 0 Å². The Kier molecular flexibility index (Phi) is 4.96. The number of hydrogen-bond acceptors (Lipinski definition) is 3. The van der Waals surface area contributed by atoms with Crippen LogP contribution in [0.1, 0.15) is 6.42 Å². The zero-order valence-corrected chi connectivity index (χ0v) is 9.09. The van der Waals surface area contributed by atoms with Gasteiger partial charge in [-0.1, -0.05) is 18.2 Å². The number of amides is 2. The predicted octanol–water partition coefficient (Wildman–Crippen LogP) is 0.644. The molecule has 1 aromatic carbocycles. The van der Waals surface area contributed by atoms with Gasteiger partial charge in [-0.15, -0.1) is 0 Å². The zero-order valence-electron chi connectivity index (χ0n) is 9.09. The quantitative estimate of drug-likeness (QED) is 0.605. The van der Waals surface area contributed by atoms with E-state index >= 15 is 0 Å². The summed E-state index contributed by atoms with van der Waals surface area (Å²) in [5.41, 5.74) is 0.642. The number of aliphatic hydroxyl groups excluding tert-OH is 1. The summed E-state index contributed by atoms with van der Waals surface area (Å²) >= 11 is 0. The van der Waals surface area contributed by atoms with Crippen molar-refractivity contribution in [2.24, 2.45) is 0 Å². The molecule has 0 aliphatic heterocycles. The molecule has 0 saturated heterocycles. The monoisotopic (exact) mass is 238 g/mol. The van der Waals surface area contributed by atoms with Crippen LogP contribution in [-0.2, 0) is 4.79 Å². The fourth-order valence-corrected chi connectivity index (χ4v) is 1.14. The Morgan fingerprint density at radius 2 is 1.88 bits per heavy atom. The molecular weight excluding hydrogens is 224 g/mol. The van der Waals surface area contributed by atoms with Crippen LogP contribution in [0.2, 0.25) is 0 Å². The predicted molar refractivity (Wildman–Crippen MR) is 61.7 cm³/mol. The average Bonchev–Trinajstić information content (AvgIpc) is 2.30. The third-order valence-electron chi connectivity index (χ3n) is 2.02. The molecule has 4 N–H and O–H groups in total. The number of hydrogen-bond donors (Lipinski definition) is 4. The molecule has 0 aliphatic rings. The van der Waals surface area contributed by atoms with Crippen LogP contribution in [0.15, 0.2) is 30.3 Å². The van der Waals surface area contributed by atoms with Gasteiger partial charge in [0, 0.05) is 18.7 Å². The summed E-state index contributed by atoms with van der Waals surface area (Å²) in [6.07, 6.45) is -1.48. The summed E-state index contributed by atoms with van der Waals surface area (Å²) in [4.78, 5) is 21.6. The van der Waals surface area contributed by atoms with Gasteiger partial charge in [-0.3, -0.25) is 0 Å². The number of anilines is 1. The molecule has 0 saturated carbocycles. The summed E-state index contributed by atoms with van der Waals surface area (Å²) in [6.45, 7) is 0.0894. The Morgan fingerprint density at radius 3 is 2.47 bits per heavy atom. The Hall–Kier alpha value is -2.08. The molecule has 2 amide bonds. The smallest absolute Gasteiger partial charge is 0.332 e. The number of rotatable bonds is 5. The van der Waals surface area contributed by atoms with Crippen molar-refractivity contribution >= 4 is 17.7 Å². The second-order valence-electron chi connectivity index (χ2n) is 3.39. The highest BCUT2D eigenvalue weighted by Gasteiger charge is 2.12. The second-order valence-corrected chi connectivity index (χ2v) is 3.39. The largest absolute Gasteiger partial charge is 0.479 e. The summed E-state index contributed by atoms with van der Waals surface area (Å²) in [5.74, 6) is -1.30. The van der Waals surface area contributed by atoms with Gasteiger partial charge in [0.25, 0.3) is 0 Å². The van der Waals surface area contributed by atoms with E-state index in [0.717, 1.165) is 0 Å². The van der Waals surface area contributed by atoms with Crippen molar-refractivity contribution in [2.75, 3.05) is 11.9 Å². The van der Waals surface area contributed by atoms with Gasteiger partial charge in [-0.25, -0.2) is 9.59 Å². The molecule has 0 aliphatic carbocycles. The number of para-hydroxylation sites is 1. The molecule has 0 bridgehead atoms. The van der Waals surface area contributed by atoms with E-state index in [2.05, 4.69) is 10.6 Å². The van der Waals surface area contributed by atoms with Crippen molar-refractivity contribution in [1.82, 2.24) is 5.32 Å². The van der Waals surface area contributed by atoms with E-state index in [1.165, 1.54) is 0 Å². The zero-order chi connectivity index (χ0) is 12.7. The number of carboxylic acids is 1. The molecule has 6 nitrogen and oxygen atoms in total. The lowest BCUT2D eigenvalue weighted by Gasteiger charge is -2.08. The number of carbonyl (C=O) groups is 2. The van der Waals surface area contributed by atoms with Crippen LogP contribution in [0.5, 0.6) is 0 Å². The number of carbonyl (C=O) groups excluding carboxylic acids is 1. The van der Waals surface area contributed by atoms with Crippen LogP contribution >= 0.6 is 0 Å². The maximum absolute atomic E-state index is 11.3. The molecular formula is C11H14N2O4. The van der Waals surface area contributed by atoms with Gasteiger partial charge in [-0.05, 0) is 12.1 Å². The van der Waals surface area contributed by atoms with Gasteiger partial charge < -0.3 is 20.8 Å².